The fourth-order valence-electron chi connectivity index (χ4n) is 2.82. The summed E-state index contributed by atoms with van der Waals surface area (Å²) in [4.78, 5) is 16.4. The molecule has 0 aliphatic rings. The molecule has 1 amide bonds. The summed E-state index contributed by atoms with van der Waals surface area (Å²) in [6.07, 6.45) is 1.43. The van der Waals surface area contributed by atoms with Crippen molar-refractivity contribution in [2.75, 3.05) is 26.7 Å². The first kappa shape index (κ1) is 23.4. The van der Waals surface area contributed by atoms with Gasteiger partial charge in [-0.25, -0.2) is 13.6 Å². The molecule has 0 spiro atoms. The molecular formula is C21H29N5O3S. The first-order chi connectivity index (χ1) is 14.3. The number of hydrogen-bond donors (Lipinski definition) is 4. The van der Waals surface area contributed by atoms with Gasteiger partial charge in [0.25, 0.3) is 5.91 Å². The number of nitrogens with one attached hydrogen (secondary N) is 3. The first-order valence-corrected chi connectivity index (χ1v) is 11.3. The van der Waals surface area contributed by atoms with E-state index in [1.807, 2.05) is 25.1 Å². The van der Waals surface area contributed by atoms with Crippen LogP contribution in [0, 0.1) is 0 Å². The van der Waals surface area contributed by atoms with Crippen LogP contribution in [0.5, 0.6) is 0 Å². The lowest BCUT2D eigenvalue weighted by Crippen LogP contribution is -2.38. The Morgan fingerprint density at radius 2 is 1.77 bits per heavy atom. The number of rotatable bonds is 9. The SMILES string of the molecule is CCNC(=NCCc1ccc(S(N)(=O)=O)cc1)NCCc1cccc(C(=O)NC)c1. The van der Waals surface area contributed by atoms with Gasteiger partial charge in [0, 0.05) is 32.2 Å². The second-order valence-corrected chi connectivity index (χ2v) is 8.22. The number of sulfonamides is 1. The van der Waals surface area contributed by atoms with Crippen molar-refractivity contribution in [2.45, 2.75) is 24.7 Å². The molecule has 162 valence electrons. The molecule has 0 radical (unpaired) electrons. The van der Waals surface area contributed by atoms with Crippen molar-refractivity contribution in [1.29, 1.82) is 0 Å². The molecule has 0 aliphatic heterocycles. The Morgan fingerprint density at radius 1 is 1.03 bits per heavy atom. The molecule has 9 heteroatoms. The van der Waals surface area contributed by atoms with Crippen LogP contribution in [-0.4, -0.2) is 47.0 Å². The number of amides is 1. The smallest absolute Gasteiger partial charge is 0.251 e. The van der Waals surface area contributed by atoms with Gasteiger partial charge in [0.2, 0.25) is 10.0 Å². The molecule has 5 N–H and O–H groups in total. The fraction of sp³-hybridized carbons (Fsp3) is 0.333. The van der Waals surface area contributed by atoms with Crippen LogP contribution in [0.2, 0.25) is 0 Å². The second-order valence-electron chi connectivity index (χ2n) is 6.66. The van der Waals surface area contributed by atoms with Gasteiger partial charge in [0.1, 0.15) is 0 Å². The van der Waals surface area contributed by atoms with E-state index in [4.69, 9.17) is 5.14 Å². The summed E-state index contributed by atoms with van der Waals surface area (Å²) >= 11 is 0. The maximum absolute atomic E-state index is 11.7. The zero-order chi connectivity index (χ0) is 22.0. The Bertz CT molecular complexity index is 972. The minimum Gasteiger partial charge on any atom is -0.357 e. The fourth-order valence-corrected chi connectivity index (χ4v) is 3.34. The minimum atomic E-state index is -3.67. The highest BCUT2D eigenvalue weighted by atomic mass is 32.2. The molecule has 0 saturated carbocycles. The van der Waals surface area contributed by atoms with Crippen LogP contribution in [-0.2, 0) is 22.9 Å². The van der Waals surface area contributed by atoms with Crippen LogP contribution in [0.3, 0.4) is 0 Å². The number of primary sulfonamides is 1. The topological polar surface area (TPSA) is 126 Å². The van der Waals surface area contributed by atoms with Crippen LogP contribution >= 0.6 is 0 Å². The monoisotopic (exact) mass is 431 g/mol. The average molecular weight is 432 g/mol. The number of benzene rings is 2. The van der Waals surface area contributed by atoms with Crippen LogP contribution in [0.1, 0.15) is 28.4 Å². The zero-order valence-corrected chi connectivity index (χ0v) is 18.1. The normalized spacial score (nSPS) is 11.8. The number of carbonyl (C=O) groups is 1. The van der Waals surface area contributed by atoms with Gasteiger partial charge in [0.15, 0.2) is 5.96 Å². The van der Waals surface area contributed by atoms with Gasteiger partial charge in [-0.3, -0.25) is 9.79 Å². The summed E-state index contributed by atoms with van der Waals surface area (Å²) in [7, 11) is -2.06. The number of nitrogens with two attached hydrogens (primary N) is 1. The Balaban J connectivity index is 1.88. The van der Waals surface area contributed by atoms with E-state index in [-0.39, 0.29) is 10.8 Å². The minimum absolute atomic E-state index is 0.100. The van der Waals surface area contributed by atoms with Gasteiger partial charge >= 0.3 is 0 Å². The van der Waals surface area contributed by atoms with Crippen LogP contribution < -0.4 is 21.1 Å². The summed E-state index contributed by atoms with van der Waals surface area (Å²) < 4.78 is 22.6. The molecule has 8 nitrogen and oxygen atoms in total. The number of hydrogen-bond acceptors (Lipinski definition) is 4. The third-order valence-electron chi connectivity index (χ3n) is 4.39. The molecule has 2 rings (SSSR count). The molecule has 30 heavy (non-hydrogen) atoms. The lowest BCUT2D eigenvalue weighted by molar-refractivity contribution is 0.0963. The molecule has 2 aromatic rings. The molecule has 0 unspecified atom stereocenters. The predicted molar refractivity (Wildman–Crippen MR) is 119 cm³/mol. The zero-order valence-electron chi connectivity index (χ0n) is 17.3. The van der Waals surface area contributed by atoms with E-state index in [1.165, 1.54) is 12.1 Å². The Labute approximate surface area is 178 Å². The highest BCUT2D eigenvalue weighted by Crippen LogP contribution is 2.09. The average Bonchev–Trinajstić information content (AvgIpc) is 2.73. The summed E-state index contributed by atoms with van der Waals surface area (Å²) in [5, 5.41) is 14.2. The van der Waals surface area contributed by atoms with Gasteiger partial charge in [-0.1, -0.05) is 24.3 Å². The number of carbonyl (C=O) groups excluding carboxylic acids is 1. The van der Waals surface area contributed by atoms with Crippen LogP contribution in [0.15, 0.2) is 58.4 Å². The molecule has 0 fully saturated rings. The summed E-state index contributed by atoms with van der Waals surface area (Å²) in [5.74, 6) is 0.609. The van der Waals surface area contributed by atoms with E-state index in [1.54, 1.807) is 25.2 Å². The van der Waals surface area contributed by atoms with Crippen molar-refractivity contribution in [3.63, 3.8) is 0 Å². The molecule has 0 bridgehead atoms. The predicted octanol–water partition coefficient (Wildman–Crippen LogP) is 1.03. The van der Waals surface area contributed by atoms with Crippen molar-refractivity contribution >= 4 is 21.9 Å². The maximum Gasteiger partial charge on any atom is 0.251 e. The van der Waals surface area contributed by atoms with Crippen molar-refractivity contribution in [2.24, 2.45) is 10.1 Å². The summed E-state index contributed by atoms with van der Waals surface area (Å²) in [6.45, 7) is 3.96. The largest absolute Gasteiger partial charge is 0.357 e. The number of guanidine groups is 1. The van der Waals surface area contributed by atoms with E-state index < -0.39 is 10.0 Å². The van der Waals surface area contributed by atoms with E-state index in [9.17, 15) is 13.2 Å². The maximum atomic E-state index is 11.7. The van der Waals surface area contributed by atoms with E-state index in [0.717, 1.165) is 24.1 Å². The van der Waals surface area contributed by atoms with Crippen LogP contribution in [0.25, 0.3) is 0 Å². The van der Waals surface area contributed by atoms with Crippen LogP contribution in [0.4, 0.5) is 0 Å². The number of aliphatic imine (C=N–C) groups is 1. The highest BCUT2D eigenvalue weighted by Gasteiger charge is 2.07. The standard InChI is InChI=1S/C21H29N5O3S/c1-3-24-21(25-13-11-16-7-9-19(10-8-16)30(22,28)29)26-14-12-17-5-4-6-18(15-17)20(27)23-2/h4-10,15H,3,11-14H2,1-2H3,(H,23,27)(H2,22,28,29)(H2,24,25,26). The van der Waals surface area contributed by atoms with E-state index in [2.05, 4.69) is 20.9 Å². The molecule has 0 aromatic heterocycles. The number of nitrogens with zero attached hydrogens (tertiary/aromatic N) is 1. The van der Waals surface area contributed by atoms with Gasteiger partial charge < -0.3 is 16.0 Å². The quantitative estimate of drug-likeness (QED) is 0.349. The van der Waals surface area contributed by atoms with Gasteiger partial charge in [0.05, 0.1) is 4.90 Å². The van der Waals surface area contributed by atoms with E-state index >= 15 is 0 Å². The third-order valence-corrected chi connectivity index (χ3v) is 5.32. The summed E-state index contributed by atoms with van der Waals surface area (Å²) in [5.41, 5.74) is 2.69. The summed E-state index contributed by atoms with van der Waals surface area (Å²) in [6, 6.07) is 14.0. The van der Waals surface area contributed by atoms with Gasteiger partial charge in [-0.05, 0) is 55.2 Å². The molecule has 0 aliphatic carbocycles. The van der Waals surface area contributed by atoms with Gasteiger partial charge in [-0.15, -0.1) is 0 Å². The Hall–Kier alpha value is -2.91. The molecular weight excluding hydrogens is 402 g/mol. The van der Waals surface area contributed by atoms with Gasteiger partial charge in [-0.2, -0.15) is 0 Å². The lowest BCUT2D eigenvalue weighted by Gasteiger charge is -2.12. The highest BCUT2D eigenvalue weighted by molar-refractivity contribution is 7.89. The molecule has 2 aromatic carbocycles. The third kappa shape index (κ3) is 7.49. The second kappa shape index (κ2) is 11.3. The van der Waals surface area contributed by atoms with E-state index in [0.29, 0.717) is 31.0 Å². The molecule has 0 saturated heterocycles. The van der Waals surface area contributed by atoms with Crippen molar-refractivity contribution in [3.05, 3.63) is 65.2 Å². The first-order valence-electron chi connectivity index (χ1n) is 9.78. The molecule has 0 heterocycles. The van der Waals surface area contributed by atoms with Crippen molar-refractivity contribution in [1.82, 2.24) is 16.0 Å². The van der Waals surface area contributed by atoms with Crippen molar-refractivity contribution < 1.29 is 13.2 Å². The Kier molecular flexibility index (Phi) is 8.82. The Morgan fingerprint density at radius 3 is 2.40 bits per heavy atom. The van der Waals surface area contributed by atoms with Crippen molar-refractivity contribution in [3.8, 4) is 0 Å². The molecule has 0 atom stereocenters. The lowest BCUT2D eigenvalue weighted by atomic mass is 10.1.